The summed E-state index contributed by atoms with van der Waals surface area (Å²) in [7, 11) is 1.55. The molecule has 0 radical (unpaired) electrons. The number of amides is 2. The van der Waals surface area contributed by atoms with Crippen LogP contribution in [-0.4, -0.2) is 42.4 Å². The average molecular weight is 379 g/mol. The Balaban J connectivity index is 1.53. The molecule has 0 saturated heterocycles. The second kappa shape index (κ2) is 8.52. The highest BCUT2D eigenvalue weighted by molar-refractivity contribution is 6.21. The van der Waals surface area contributed by atoms with Crippen molar-refractivity contribution in [3.05, 3.63) is 77.9 Å². The van der Waals surface area contributed by atoms with Gasteiger partial charge in [-0.3, -0.25) is 14.5 Å². The number of carbonyl (C=O) groups is 3. The summed E-state index contributed by atoms with van der Waals surface area (Å²) in [6.45, 7) is 3.96. The second-order valence-electron chi connectivity index (χ2n) is 6.36. The van der Waals surface area contributed by atoms with Crippen LogP contribution in [0.2, 0.25) is 0 Å². The summed E-state index contributed by atoms with van der Waals surface area (Å²) < 4.78 is 10.5. The van der Waals surface area contributed by atoms with Crippen LogP contribution in [0.1, 0.15) is 43.9 Å². The summed E-state index contributed by atoms with van der Waals surface area (Å²) in [4.78, 5) is 38.2. The summed E-state index contributed by atoms with van der Waals surface area (Å²) in [6, 6.07) is 13.4. The topological polar surface area (TPSA) is 72.9 Å². The number of rotatable bonds is 8. The van der Waals surface area contributed by atoms with Crippen LogP contribution >= 0.6 is 0 Å². The van der Waals surface area contributed by atoms with Crippen molar-refractivity contribution in [3.63, 3.8) is 0 Å². The molecular formula is C22H21NO5. The fraction of sp³-hybridized carbons (Fsp3) is 0.227. The molecule has 1 atom stereocenters. The van der Waals surface area contributed by atoms with Crippen molar-refractivity contribution in [2.24, 2.45) is 0 Å². The van der Waals surface area contributed by atoms with Gasteiger partial charge < -0.3 is 9.47 Å². The Morgan fingerprint density at radius 2 is 1.68 bits per heavy atom. The van der Waals surface area contributed by atoms with Gasteiger partial charge >= 0.3 is 5.97 Å². The molecule has 0 aliphatic carbocycles. The summed E-state index contributed by atoms with van der Waals surface area (Å²) in [5, 5.41) is 0. The lowest BCUT2D eigenvalue weighted by Gasteiger charge is -2.17. The highest BCUT2D eigenvalue weighted by Crippen LogP contribution is 2.23. The minimum Gasteiger partial charge on any atom is -0.497 e. The number of esters is 1. The second-order valence-corrected chi connectivity index (χ2v) is 6.36. The highest BCUT2D eigenvalue weighted by Gasteiger charge is 2.34. The lowest BCUT2D eigenvalue weighted by Crippen LogP contribution is -2.31. The number of nitrogens with zero attached hydrogens (tertiary/aromatic N) is 1. The molecule has 0 aromatic heterocycles. The van der Waals surface area contributed by atoms with Crippen LogP contribution in [0.3, 0.4) is 0 Å². The number of carbonyl (C=O) groups excluding carboxylic acids is 3. The molecule has 1 aliphatic rings. The van der Waals surface area contributed by atoms with Crippen LogP contribution in [0.4, 0.5) is 0 Å². The van der Waals surface area contributed by atoms with E-state index in [1.54, 1.807) is 61.7 Å². The largest absolute Gasteiger partial charge is 0.497 e. The van der Waals surface area contributed by atoms with Crippen LogP contribution in [0.25, 0.3) is 0 Å². The van der Waals surface area contributed by atoms with Crippen LogP contribution < -0.4 is 4.74 Å². The SMILES string of the molecule is C=C[C@@H](CCCN1C(=O)c2ccccc2C1=O)OC(=O)c1ccc(OC)cc1. The van der Waals surface area contributed by atoms with E-state index in [1.807, 2.05) is 0 Å². The van der Waals surface area contributed by atoms with Gasteiger partial charge in [0, 0.05) is 6.54 Å². The molecule has 28 heavy (non-hydrogen) atoms. The number of benzene rings is 2. The van der Waals surface area contributed by atoms with Crippen LogP contribution in [0, 0.1) is 0 Å². The highest BCUT2D eigenvalue weighted by atomic mass is 16.5. The fourth-order valence-electron chi connectivity index (χ4n) is 3.05. The van der Waals surface area contributed by atoms with Gasteiger partial charge in [-0.25, -0.2) is 4.79 Å². The minimum absolute atomic E-state index is 0.261. The third kappa shape index (κ3) is 3.96. The van der Waals surface area contributed by atoms with Crippen molar-refractivity contribution >= 4 is 17.8 Å². The number of hydrogen-bond acceptors (Lipinski definition) is 5. The van der Waals surface area contributed by atoms with E-state index in [9.17, 15) is 14.4 Å². The predicted molar refractivity (Wildman–Crippen MR) is 103 cm³/mol. The molecule has 1 heterocycles. The quantitative estimate of drug-likeness (QED) is 0.399. The lowest BCUT2D eigenvalue weighted by atomic mass is 10.1. The van der Waals surface area contributed by atoms with Gasteiger partial charge in [-0.15, -0.1) is 0 Å². The van der Waals surface area contributed by atoms with Gasteiger partial charge in [-0.1, -0.05) is 24.8 Å². The van der Waals surface area contributed by atoms with Crippen molar-refractivity contribution in [3.8, 4) is 5.75 Å². The maximum atomic E-state index is 12.4. The van der Waals surface area contributed by atoms with Gasteiger partial charge in [-0.05, 0) is 49.2 Å². The maximum absolute atomic E-state index is 12.4. The molecule has 1 aliphatic heterocycles. The molecule has 6 nitrogen and oxygen atoms in total. The molecule has 2 aromatic carbocycles. The van der Waals surface area contributed by atoms with Gasteiger partial charge in [-0.2, -0.15) is 0 Å². The van der Waals surface area contributed by atoms with Gasteiger partial charge in [0.2, 0.25) is 0 Å². The van der Waals surface area contributed by atoms with E-state index in [4.69, 9.17) is 9.47 Å². The molecule has 2 amide bonds. The summed E-state index contributed by atoms with van der Waals surface area (Å²) in [5.74, 6) is -0.386. The van der Waals surface area contributed by atoms with Gasteiger partial charge in [0.25, 0.3) is 11.8 Å². The number of methoxy groups -OCH3 is 1. The smallest absolute Gasteiger partial charge is 0.338 e. The molecule has 6 heteroatoms. The Morgan fingerprint density at radius 3 is 2.21 bits per heavy atom. The van der Waals surface area contributed by atoms with Gasteiger partial charge in [0.1, 0.15) is 11.9 Å². The monoisotopic (exact) mass is 379 g/mol. The average Bonchev–Trinajstić information content (AvgIpc) is 2.98. The standard InChI is InChI=1S/C22H21NO5/c1-3-16(28-22(26)15-10-12-17(27-2)13-11-15)7-6-14-23-20(24)18-8-4-5-9-19(18)21(23)25/h3-5,8-13,16H,1,6-7,14H2,2H3/t16-/m0/s1. The van der Waals surface area contributed by atoms with Crippen LogP contribution in [0.15, 0.2) is 61.2 Å². The van der Waals surface area contributed by atoms with E-state index in [1.165, 1.54) is 4.90 Å². The van der Waals surface area contributed by atoms with Crippen molar-refractivity contribution in [2.75, 3.05) is 13.7 Å². The zero-order valence-corrected chi connectivity index (χ0v) is 15.6. The van der Waals surface area contributed by atoms with Crippen molar-refractivity contribution in [2.45, 2.75) is 18.9 Å². The molecule has 0 spiro atoms. The number of fused-ring (bicyclic) bond motifs is 1. The zero-order valence-electron chi connectivity index (χ0n) is 15.6. The molecule has 0 N–H and O–H groups in total. The first-order valence-corrected chi connectivity index (χ1v) is 8.98. The van der Waals surface area contributed by atoms with Crippen molar-refractivity contribution in [1.82, 2.24) is 4.90 Å². The van der Waals surface area contributed by atoms with Gasteiger partial charge in [0.15, 0.2) is 0 Å². The number of imide groups is 1. The minimum atomic E-state index is -0.509. The Bertz CT molecular complexity index is 868. The van der Waals surface area contributed by atoms with E-state index in [0.717, 1.165) is 0 Å². The van der Waals surface area contributed by atoms with Crippen LogP contribution in [-0.2, 0) is 4.74 Å². The van der Waals surface area contributed by atoms with E-state index < -0.39 is 12.1 Å². The van der Waals surface area contributed by atoms with Gasteiger partial charge in [0.05, 0.1) is 23.8 Å². The molecule has 2 aromatic rings. The third-order valence-electron chi connectivity index (χ3n) is 4.60. The first-order valence-electron chi connectivity index (χ1n) is 8.98. The van der Waals surface area contributed by atoms with E-state index >= 15 is 0 Å². The Kier molecular flexibility index (Phi) is 5.89. The molecule has 0 saturated carbocycles. The maximum Gasteiger partial charge on any atom is 0.338 e. The Hall–Kier alpha value is -3.41. The van der Waals surface area contributed by atoms with E-state index in [0.29, 0.717) is 35.3 Å². The van der Waals surface area contributed by atoms with Crippen LogP contribution in [0.5, 0.6) is 5.75 Å². The van der Waals surface area contributed by atoms with E-state index in [-0.39, 0.29) is 18.4 Å². The fourth-order valence-corrected chi connectivity index (χ4v) is 3.05. The summed E-state index contributed by atoms with van der Waals surface area (Å²) in [6.07, 6.45) is 1.99. The molecule has 0 unspecified atom stereocenters. The third-order valence-corrected chi connectivity index (χ3v) is 4.60. The first-order chi connectivity index (χ1) is 13.5. The molecule has 0 fully saturated rings. The predicted octanol–water partition coefficient (Wildman–Crippen LogP) is 3.48. The molecule has 0 bridgehead atoms. The summed E-state index contributed by atoms with van der Waals surface area (Å²) >= 11 is 0. The van der Waals surface area contributed by atoms with E-state index in [2.05, 4.69) is 6.58 Å². The normalized spacial score (nSPS) is 13.8. The molecule has 144 valence electrons. The Morgan fingerprint density at radius 1 is 1.07 bits per heavy atom. The Labute approximate surface area is 163 Å². The lowest BCUT2D eigenvalue weighted by molar-refractivity contribution is 0.0366. The number of ether oxygens (including phenoxy) is 2. The van der Waals surface area contributed by atoms with Crippen molar-refractivity contribution < 1.29 is 23.9 Å². The zero-order chi connectivity index (χ0) is 20.1. The summed E-state index contributed by atoms with van der Waals surface area (Å²) in [5.41, 5.74) is 1.27. The molecule has 3 rings (SSSR count). The number of hydrogen-bond donors (Lipinski definition) is 0. The first kappa shape index (κ1) is 19.4. The molecular weight excluding hydrogens is 358 g/mol. The van der Waals surface area contributed by atoms with Crippen molar-refractivity contribution in [1.29, 1.82) is 0 Å².